The van der Waals surface area contributed by atoms with Gasteiger partial charge in [-0.1, -0.05) is 18.2 Å². The van der Waals surface area contributed by atoms with E-state index in [0.29, 0.717) is 0 Å². The zero-order valence-electron chi connectivity index (χ0n) is 8.74. The molecule has 2 aromatic rings. The summed E-state index contributed by atoms with van der Waals surface area (Å²) >= 11 is 0. The Kier molecular flexibility index (Phi) is 2.19. The lowest BCUT2D eigenvalue weighted by Gasteiger charge is -2.02. The summed E-state index contributed by atoms with van der Waals surface area (Å²) in [7, 11) is -1.20. The molecule has 1 aliphatic rings. The van der Waals surface area contributed by atoms with Crippen molar-refractivity contribution in [3.63, 3.8) is 0 Å². The van der Waals surface area contributed by atoms with Crippen LogP contribution in [0.4, 0.5) is 0 Å². The molecule has 1 aromatic carbocycles. The van der Waals surface area contributed by atoms with E-state index in [1.165, 1.54) is 0 Å². The van der Waals surface area contributed by atoms with Gasteiger partial charge in [0.1, 0.15) is 0 Å². The SMILES string of the molecule is OB(O)[C@H]1C[C@@H]1c1cnc2ccccc2c1. The quantitative estimate of drug-likeness (QED) is 0.744. The summed E-state index contributed by atoms with van der Waals surface area (Å²) in [5.74, 6) is 0.250. The molecule has 0 saturated heterocycles. The minimum absolute atomic E-state index is 0.0111. The number of hydrogen-bond acceptors (Lipinski definition) is 3. The minimum atomic E-state index is -1.20. The van der Waals surface area contributed by atoms with Crippen LogP contribution in [0.1, 0.15) is 17.9 Å². The molecule has 1 fully saturated rings. The van der Waals surface area contributed by atoms with Gasteiger partial charge in [-0.05, 0) is 30.0 Å². The fourth-order valence-corrected chi connectivity index (χ4v) is 2.22. The molecule has 3 nitrogen and oxygen atoms in total. The number of para-hydroxylation sites is 1. The van der Waals surface area contributed by atoms with Crippen molar-refractivity contribution in [2.45, 2.75) is 18.2 Å². The summed E-state index contributed by atoms with van der Waals surface area (Å²) in [6.45, 7) is 0. The van der Waals surface area contributed by atoms with Gasteiger partial charge in [-0.15, -0.1) is 0 Å². The highest BCUT2D eigenvalue weighted by Crippen LogP contribution is 2.53. The van der Waals surface area contributed by atoms with Crippen molar-refractivity contribution in [2.24, 2.45) is 0 Å². The lowest BCUT2D eigenvalue weighted by Crippen LogP contribution is -2.11. The molecule has 2 atom stereocenters. The highest BCUT2D eigenvalue weighted by atomic mass is 16.4. The summed E-state index contributed by atoms with van der Waals surface area (Å²) in [5.41, 5.74) is 2.09. The molecule has 0 aliphatic heterocycles. The van der Waals surface area contributed by atoms with Crippen molar-refractivity contribution >= 4 is 18.0 Å². The van der Waals surface area contributed by atoms with E-state index in [2.05, 4.69) is 11.1 Å². The molecule has 0 spiro atoms. The topological polar surface area (TPSA) is 53.4 Å². The van der Waals surface area contributed by atoms with Crippen LogP contribution >= 0.6 is 0 Å². The van der Waals surface area contributed by atoms with E-state index in [4.69, 9.17) is 10.0 Å². The molecule has 80 valence electrons. The molecule has 0 radical (unpaired) electrons. The monoisotopic (exact) mass is 213 g/mol. The third kappa shape index (κ3) is 1.60. The number of nitrogens with zero attached hydrogens (tertiary/aromatic N) is 1. The molecule has 0 amide bonds. The van der Waals surface area contributed by atoms with Crippen LogP contribution in [0.3, 0.4) is 0 Å². The number of aromatic nitrogens is 1. The third-order valence-electron chi connectivity index (χ3n) is 3.26. The van der Waals surface area contributed by atoms with E-state index in [1.54, 1.807) is 0 Å². The number of pyridine rings is 1. The minimum Gasteiger partial charge on any atom is -0.427 e. The summed E-state index contributed by atoms with van der Waals surface area (Å²) in [4.78, 5) is 4.37. The largest absolute Gasteiger partial charge is 0.455 e. The van der Waals surface area contributed by atoms with Gasteiger partial charge in [0.2, 0.25) is 0 Å². The van der Waals surface area contributed by atoms with Crippen LogP contribution in [0.25, 0.3) is 10.9 Å². The van der Waals surface area contributed by atoms with Crippen LogP contribution in [0.15, 0.2) is 36.5 Å². The Hall–Kier alpha value is -1.39. The van der Waals surface area contributed by atoms with Gasteiger partial charge in [0.15, 0.2) is 0 Å². The first-order valence-electron chi connectivity index (χ1n) is 5.46. The van der Waals surface area contributed by atoms with E-state index in [-0.39, 0.29) is 11.7 Å². The van der Waals surface area contributed by atoms with Gasteiger partial charge in [0.05, 0.1) is 5.52 Å². The molecule has 16 heavy (non-hydrogen) atoms. The first-order chi connectivity index (χ1) is 7.75. The van der Waals surface area contributed by atoms with Gasteiger partial charge in [-0.2, -0.15) is 0 Å². The van der Waals surface area contributed by atoms with E-state index in [0.717, 1.165) is 22.9 Å². The predicted octanol–water partition coefficient (Wildman–Crippen LogP) is 1.57. The van der Waals surface area contributed by atoms with Crippen LogP contribution in [0, 0.1) is 0 Å². The molecule has 1 saturated carbocycles. The Balaban J connectivity index is 1.95. The Morgan fingerprint density at radius 1 is 1.25 bits per heavy atom. The highest BCUT2D eigenvalue weighted by molar-refractivity contribution is 6.44. The normalized spacial score (nSPS) is 23.4. The van der Waals surface area contributed by atoms with Crippen molar-refractivity contribution < 1.29 is 10.0 Å². The molecular weight excluding hydrogens is 201 g/mol. The summed E-state index contributed by atoms with van der Waals surface area (Å²) in [5, 5.41) is 19.3. The van der Waals surface area contributed by atoms with E-state index in [1.807, 2.05) is 30.5 Å². The number of rotatable bonds is 2. The molecule has 1 heterocycles. The fourth-order valence-electron chi connectivity index (χ4n) is 2.22. The average Bonchev–Trinajstić information content (AvgIpc) is 3.08. The second-order valence-corrected chi connectivity index (χ2v) is 4.38. The predicted molar refractivity (Wildman–Crippen MR) is 63.0 cm³/mol. The molecule has 0 unspecified atom stereocenters. The third-order valence-corrected chi connectivity index (χ3v) is 3.26. The maximum Gasteiger partial charge on any atom is 0.455 e. The van der Waals surface area contributed by atoms with Crippen LogP contribution < -0.4 is 0 Å². The van der Waals surface area contributed by atoms with E-state index >= 15 is 0 Å². The Morgan fingerprint density at radius 2 is 2.06 bits per heavy atom. The lowest BCUT2D eigenvalue weighted by atomic mass is 9.81. The van der Waals surface area contributed by atoms with Gasteiger partial charge >= 0.3 is 7.12 Å². The van der Waals surface area contributed by atoms with Gasteiger partial charge in [0, 0.05) is 17.4 Å². The van der Waals surface area contributed by atoms with Crippen LogP contribution in [-0.4, -0.2) is 22.2 Å². The van der Waals surface area contributed by atoms with Crippen molar-refractivity contribution in [1.82, 2.24) is 4.98 Å². The Labute approximate surface area is 93.9 Å². The molecular formula is C12H12BNO2. The summed E-state index contributed by atoms with van der Waals surface area (Å²) < 4.78 is 0. The molecule has 2 N–H and O–H groups in total. The van der Waals surface area contributed by atoms with Crippen molar-refractivity contribution in [2.75, 3.05) is 0 Å². The Bertz CT molecular complexity index is 529. The van der Waals surface area contributed by atoms with Crippen molar-refractivity contribution in [3.8, 4) is 0 Å². The van der Waals surface area contributed by atoms with Crippen LogP contribution in [0.5, 0.6) is 0 Å². The zero-order valence-corrected chi connectivity index (χ0v) is 8.74. The number of benzene rings is 1. The first kappa shape index (κ1) is 9.81. The zero-order chi connectivity index (χ0) is 11.1. The average molecular weight is 213 g/mol. The van der Waals surface area contributed by atoms with Gasteiger partial charge < -0.3 is 10.0 Å². The van der Waals surface area contributed by atoms with Crippen molar-refractivity contribution in [3.05, 3.63) is 42.1 Å². The standard InChI is InChI=1S/C12H12BNO2/c15-13(16)11-6-10(11)9-5-8-3-1-2-4-12(8)14-7-9/h1-5,7,10-11,15-16H,6H2/t10-,11+/m1/s1. The summed E-state index contributed by atoms with van der Waals surface area (Å²) in [6, 6.07) is 10.0. The van der Waals surface area contributed by atoms with Crippen molar-refractivity contribution in [1.29, 1.82) is 0 Å². The van der Waals surface area contributed by atoms with Crippen LogP contribution in [-0.2, 0) is 0 Å². The maximum atomic E-state index is 9.07. The Morgan fingerprint density at radius 3 is 2.81 bits per heavy atom. The fraction of sp³-hybridized carbons (Fsp3) is 0.250. The number of fused-ring (bicyclic) bond motifs is 1. The maximum absolute atomic E-state index is 9.07. The molecule has 1 aliphatic carbocycles. The van der Waals surface area contributed by atoms with Gasteiger partial charge in [-0.3, -0.25) is 4.98 Å². The second kappa shape index (κ2) is 3.58. The molecule has 3 rings (SSSR count). The van der Waals surface area contributed by atoms with E-state index < -0.39 is 7.12 Å². The second-order valence-electron chi connectivity index (χ2n) is 4.38. The first-order valence-corrected chi connectivity index (χ1v) is 5.46. The van der Waals surface area contributed by atoms with E-state index in [9.17, 15) is 0 Å². The summed E-state index contributed by atoms with van der Waals surface area (Å²) in [6.07, 6.45) is 2.69. The smallest absolute Gasteiger partial charge is 0.427 e. The van der Waals surface area contributed by atoms with Gasteiger partial charge in [0.25, 0.3) is 0 Å². The highest BCUT2D eigenvalue weighted by Gasteiger charge is 2.46. The molecule has 0 bridgehead atoms. The van der Waals surface area contributed by atoms with Gasteiger partial charge in [-0.25, -0.2) is 0 Å². The lowest BCUT2D eigenvalue weighted by molar-refractivity contribution is 0.402. The molecule has 1 aromatic heterocycles. The van der Waals surface area contributed by atoms with Crippen LogP contribution in [0.2, 0.25) is 5.82 Å². The molecule has 4 heteroatoms. The number of hydrogen-bond donors (Lipinski definition) is 2.